The van der Waals surface area contributed by atoms with E-state index in [0.717, 1.165) is 5.56 Å². The SMILES string of the molecule is C=c1cc2c(oc1=O)=CC(C)C=C2. The summed E-state index contributed by atoms with van der Waals surface area (Å²) in [4.78, 5) is 11.1. The van der Waals surface area contributed by atoms with Gasteiger partial charge in [-0.25, -0.2) is 4.79 Å². The molecule has 0 radical (unpaired) electrons. The Labute approximate surface area is 75.5 Å². The Morgan fingerprint density at radius 1 is 1.54 bits per heavy atom. The summed E-state index contributed by atoms with van der Waals surface area (Å²) in [6, 6.07) is 1.75. The van der Waals surface area contributed by atoms with Crippen LogP contribution in [0.3, 0.4) is 0 Å². The first-order valence-electron chi connectivity index (χ1n) is 4.20. The van der Waals surface area contributed by atoms with Gasteiger partial charge in [-0.15, -0.1) is 0 Å². The van der Waals surface area contributed by atoms with Crippen LogP contribution in [0, 0.1) is 5.92 Å². The lowest BCUT2D eigenvalue weighted by atomic mass is 10.0. The standard InChI is InChI=1S/C11H10O2/c1-7-3-4-9-6-8(2)11(12)13-10(9)5-7/h3-7H,2H2,1H3. The Bertz CT molecular complexity index is 520. The summed E-state index contributed by atoms with van der Waals surface area (Å²) in [6.07, 6.45) is 5.94. The van der Waals surface area contributed by atoms with Crippen LogP contribution in [0.1, 0.15) is 12.5 Å². The minimum Gasteiger partial charge on any atom is -0.423 e. The molecule has 13 heavy (non-hydrogen) atoms. The van der Waals surface area contributed by atoms with Crippen molar-refractivity contribution in [2.45, 2.75) is 6.92 Å². The molecule has 0 amide bonds. The van der Waals surface area contributed by atoms with Crippen LogP contribution in [0.15, 0.2) is 21.4 Å². The second-order valence-electron chi connectivity index (χ2n) is 3.26. The fraction of sp³-hybridized carbons (Fsp3) is 0.182. The van der Waals surface area contributed by atoms with Crippen molar-refractivity contribution >= 4 is 18.7 Å². The van der Waals surface area contributed by atoms with Crippen LogP contribution in [-0.4, -0.2) is 0 Å². The second-order valence-corrected chi connectivity index (χ2v) is 3.26. The van der Waals surface area contributed by atoms with Crippen LogP contribution in [-0.2, 0) is 0 Å². The van der Waals surface area contributed by atoms with Crippen molar-refractivity contribution in [1.82, 2.24) is 0 Å². The largest absolute Gasteiger partial charge is 0.423 e. The van der Waals surface area contributed by atoms with Crippen molar-refractivity contribution in [2.24, 2.45) is 5.92 Å². The zero-order valence-electron chi connectivity index (χ0n) is 7.41. The van der Waals surface area contributed by atoms with E-state index >= 15 is 0 Å². The number of fused-ring (bicyclic) bond motifs is 1. The van der Waals surface area contributed by atoms with E-state index in [-0.39, 0.29) is 5.63 Å². The van der Waals surface area contributed by atoms with Gasteiger partial charge in [-0.1, -0.05) is 25.7 Å². The third kappa shape index (κ3) is 1.35. The molecule has 2 heteroatoms. The lowest BCUT2D eigenvalue weighted by molar-refractivity contribution is 0.469. The fourth-order valence-electron chi connectivity index (χ4n) is 1.35. The van der Waals surface area contributed by atoms with Crippen LogP contribution in [0.5, 0.6) is 0 Å². The zero-order chi connectivity index (χ0) is 9.42. The van der Waals surface area contributed by atoms with E-state index in [0.29, 0.717) is 16.6 Å². The third-order valence-corrected chi connectivity index (χ3v) is 2.07. The van der Waals surface area contributed by atoms with E-state index < -0.39 is 0 Å². The normalized spacial score (nSPS) is 19.3. The highest BCUT2D eigenvalue weighted by molar-refractivity contribution is 5.56. The molecule has 1 aliphatic carbocycles. The molecule has 0 aromatic carbocycles. The molecule has 66 valence electrons. The van der Waals surface area contributed by atoms with Gasteiger partial charge < -0.3 is 4.42 Å². The van der Waals surface area contributed by atoms with Gasteiger partial charge in [0.25, 0.3) is 0 Å². The van der Waals surface area contributed by atoms with Gasteiger partial charge in [0.2, 0.25) is 0 Å². The minimum atomic E-state index is -0.350. The number of hydrogen-bond donors (Lipinski definition) is 0. The van der Waals surface area contributed by atoms with Gasteiger partial charge in [0.1, 0.15) is 5.42 Å². The van der Waals surface area contributed by atoms with Gasteiger partial charge in [0.15, 0.2) is 0 Å². The predicted molar refractivity (Wildman–Crippen MR) is 52.4 cm³/mol. The fourth-order valence-corrected chi connectivity index (χ4v) is 1.35. The Kier molecular flexibility index (Phi) is 1.69. The molecule has 0 bridgehead atoms. The van der Waals surface area contributed by atoms with Crippen LogP contribution < -0.4 is 16.3 Å². The molecule has 1 heterocycles. The Hall–Kier alpha value is -1.57. The van der Waals surface area contributed by atoms with Crippen molar-refractivity contribution in [3.8, 4) is 0 Å². The summed E-state index contributed by atoms with van der Waals surface area (Å²) in [5.74, 6) is 0.325. The topological polar surface area (TPSA) is 30.2 Å². The molecule has 1 aromatic heterocycles. The van der Waals surface area contributed by atoms with E-state index in [4.69, 9.17) is 4.42 Å². The van der Waals surface area contributed by atoms with E-state index in [2.05, 4.69) is 12.7 Å². The highest BCUT2D eigenvalue weighted by Crippen LogP contribution is 2.06. The van der Waals surface area contributed by atoms with Crippen molar-refractivity contribution in [1.29, 1.82) is 0 Å². The molecule has 0 saturated carbocycles. The molecule has 0 saturated heterocycles. The molecule has 0 fully saturated rings. The maximum absolute atomic E-state index is 11.1. The van der Waals surface area contributed by atoms with Gasteiger partial charge in [0, 0.05) is 5.56 Å². The van der Waals surface area contributed by atoms with Crippen LogP contribution in [0.25, 0.3) is 18.7 Å². The molecule has 1 atom stereocenters. The van der Waals surface area contributed by atoms with Gasteiger partial charge in [-0.05, 0) is 18.1 Å². The first-order chi connectivity index (χ1) is 6.16. The average molecular weight is 174 g/mol. The van der Waals surface area contributed by atoms with Crippen LogP contribution >= 0.6 is 0 Å². The first kappa shape index (κ1) is 8.05. The monoisotopic (exact) mass is 174 g/mol. The first-order valence-corrected chi connectivity index (χ1v) is 4.20. The molecule has 2 rings (SSSR count). The highest BCUT2D eigenvalue weighted by atomic mass is 16.4. The number of allylic oxidation sites excluding steroid dienone is 1. The minimum absolute atomic E-state index is 0.325. The summed E-state index contributed by atoms with van der Waals surface area (Å²) in [5, 5.41) is 0.409. The molecule has 0 spiro atoms. The van der Waals surface area contributed by atoms with Gasteiger partial charge in [-0.2, -0.15) is 0 Å². The van der Waals surface area contributed by atoms with Crippen LogP contribution in [0.2, 0.25) is 0 Å². The molecular weight excluding hydrogens is 164 g/mol. The smallest absolute Gasteiger partial charge is 0.342 e. The molecule has 1 aliphatic rings. The van der Waals surface area contributed by atoms with Crippen molar-refractivity contribution < 1.29 is 4.42 Å². The third-order valence-electron chi connectivity index (χ3n) is 2.07. The summed E-state index contributed by atoms with van der Waals surface area (Å²) >= 11 is 0. The van der Waals surface area contributed by atoms with E-state index in [1.54, 1.807) is 6.07 Å². The van der Waals surface area contributed by atoms with Crippen molar-refractivity contribution in [3.63, 3.8) is 0 Å². The Morgan fingerprint density at radius 3 is 3.08 bits per heavy atom. The average Bonchev–Trinajstić information content (AvgIpc) is 2.08. The maximum Gasteiger partial charge on any atom is 0.342 e. The van der Waals surface area contributed by atoms with E-state index in [1.807, 2.05) is 19.1 Å². The molecule has 0 aliphatic heterocycles. The van der Waals surface area contributed by atoms with E-state index in [1.165, 1.54) is 0 Å². The molecule has 2 nitrogen and oxygen atoms in total. The van der Waals surface area contributed by atoms with Crippen LogP contribution in [0.4, 0.5) is 0 Å². The second kappa shape index (κ2) is 2.73. The van der Waals surface area contributed by atoms with Gasteiger partial charge in [0.05, 0.1) is 5.22 Å². The van der Waals surface area contributed by atoms with Crippen molar-refractivity contribution in [2.75, 3.05) is 0 Å². The Balaban J connectivity index is 2.84. The predicted octanol–water partition coefficient (Wildman–Crippen LogP) is 0.494. The maximum atomic E-state index is 11.1. The summed E-state index contributed by atoms with van der Waals surface area (Å²) in [6.45, 7) is 5.63. The number of hydrogen-bond acceptors (Lipinski definition) is 2. The molecule has 1 unspecified atom stereocenters. The zero-order valence-corrected chi connectivity index (χ0v) is 7.41. The molecule has 0 N–H and O–H groups in total. The molecule has 1 aromatic rings. The summed E-state index contributed by atoms with van der Waals surface area (Å²) < 4.78 is 5.08. The molecular formula is C11H10O2. The van der Waals surface area contributed by atoms with E-state index in [9.17, 15) is 4.79 Å². The number of rotatable bonds is 0. The lowest BCUT2D eigenvalue weighted by Gasteiger charge is -2.04. The summed E-state index contributed by atoms with van der Waals surface area (Å²) in [5.41, 5.74) is 1.24. The van der Waals surface area contributed by atoms with Crippen molar-refractivity contribution in [3.05, 3.63) is 38.8 Å². The Morgan fingerprint density at radius 2 is 2.31 bits per heavy atom. The highest BCUT2D eigenvalue weighted by Gasteiger charge is 2.04. The lowest BCUT2D eigenvalue weighted by Crippen LogP contribution is -2.29. The van der Waals surface area contributed by atoms with Gasteiger partial charge in [-0.3, -0.25) is 0 Å². The quantitative estimate of drug-likeness (QED) is 0.573. The summed E-state index contributed by atoms with van der Waals surface area (Å²) in [7, 11) is 0. The van der Waals surface area contributed by atoms with Gasteiger partial charge >= 0.3 is 5.63 Å².